The smallest absolute Gasteiger partial charge is 0.238 e. The van der Waals surface area contributed by atoms with Crippen molar-refractivity contribution in [3.05, 3.63) is 29.8 Å². The van der Waals surface area contributed by atoms with Crippen molar-refractivity contribution in [3.63, 3.8) is 0 Å². The number of primary sulfonamides is 1. The first kappa shape index (κ1) is 22.1. The second kappa shape index (κ2) is 10.3. The average Bonchev–Trinajstić information content (AvgIpc) is 2.53. The maximum absolute atomic E-state index is 11.9. The van der Waals surface area contributed by atoms with Gasteiger partial charge in [0.15, 0.2) is 0 Å². The Balaban J connectivity index is 2.36. The molecular formula is C18H29N3O4S. The molecular weight excluding hydrogens is 354 g/mol. The Kier molecular flexibility index (Phi) is 8.74. The second-order valence-corrected chi connectivity index (χ2v) is 8.29. The summed E-state index contributed by atoms with van der Waals surface area (Å²) in [5.41, 5.74) is 0.903. The van der Waals surface area contributed by atoms with Gasteiger partial charge in [0.2, 0.25) is 21.8 Å². The highest BCUT2D eigenvalue weighted by Crippen LogP contribution is 2.09. The molecule has 0 heterocycles. The van der Waals surface area contributed by atoms with E-state index in [9.17, 15) is 18.0 Å². The lowest BCUT2D eigenvalue weighted by molar-refractivity contribution is -0.129. The normalized spacial score (nSPS) is 11.4. The minimum absolute atomic E-state index is 0.0200. The van der Waals surface area contributed by atoms with Crippen LogP contribution in [0.25, 0.3) is 0 Å². The van der Waals surface area contributed by atoms with Gasteiger partial charge in [-0.15, -0.1) is 0 Å². The second-order valence-electron chi connectivity index (χ2n) is 6.73. The van der Waals surface area contributed by atoms with E-state index in [0.717, 1.165) is 12.0 Å². The van der Waals surface area contributed by atoms with Gasteiger partial charge >= 0.3 is 0 Å². The number of nitrogens with zero attached hydrogens (tertiary/aromatic N) is 1. The van der Waals surface area contributed by atoms with Crippen LogP contribution in [0.2, 0.25) is 0 Å². The van der Waals surface area contributed by atoms with E-state index in [1.165, 1.54) is 19.1 Å². The zero-order valence-corrected chi connectivity index (χ0v) is 16.5. The molecule has 0 bridgehead atoms. The van der Waals surface area contributed by atoms with Gasteiger partial charge in [-0.3, -0.25) is 9.59 Å². The molecule has 146 valence electrons. The molecule has 1 aromatic rings. The van der Waals surface area contributed by atoms with E-state index in [4.69, 9.17) is 5.14 Å². The maximum Gasteiger partial charge on any atom is 0.238 e. The Labute approximate surface area is 156 Å². The number of hydrogen-bond donors (Lipinski definition) is 2. The van der Waals surface area contributed by atoms with Gasteiger partial charge in [-0.2, -0.15) is 0 Å². The van der Waals surface area contributed by atoms with Gasteiger partial charge in [0.05, 0.1) is 4.90 Å². The van der Waals surface area contributed by atoms with Crippen molar-refractivity contribution in [3.8, 4) is 0 Å². The van der Waals surface area contributed by atoms with Crippen molar-refractivity contribution in [2.75, 3.05) is 19.6 Å². The van der Waals surface area contributed by atoms with Gasteiger partial charge in [-0.1, -0.05) is 26.0 Å². The van der Waals surface area contributed by atoms with Crippen molar-refractivity contribution in [1.29, 1.82) is 0 Å². The first-order valence-electron chi connectivity index (χ1n) is 8.73. The van der Waals surface area contributed by atoms with E-state index in [-0.39, 0.29) is 23.1 Å². The van der Waals surface area contributed by atoms with Crippen LogP contribution in [0.1, 0.15) is 39.2 Å². The highest BCUT2D eigenvalue weighted by Gasteiger charge is 2.12. The summed E-state index contributed by atoms with van der Waals surface area (Å²) in [6, 6.07) is 6.25. The summed E-state index contributed by atoms with van der Waals surface area (Å²) in [6.45, 7) is 7.23. The SMILES string of the molecule is CC(=O)N(CCC(=O)NCCc1ccc(S(N)(=O)=O)cc1)CCC(C)C. The standard InChI is InChI=1S/C18H29N3O4S/c1-14(2)9-12-21(15(3)22)13-10-18(23)20-11-8-16-4-6-17(7-5-16)26(19,24)25/h4-7,14H,8-13H2,1-3H3,(H,20,23)(H2,19,24,25). The summed E-state index contributed by atoms with van der Waals surface area (Å²) in [5.74, 6) is 0.377. The molecule has 0 unspecified atom stereocenters. The number of carbonyl (C=O) groups is 2. The first-order chi connectivity index (χ1) is 12.1. The van der Waals surface area contributed by atoms with Crippen molar-refractivity contribution in [1.82, 2.24) is 10.2 Å². The lowest BCUT2D eigenvalue weighted by atomic mass is 10.1. The number of benzene rings is 1. The first-order valence-corrected chi connectivity index (χ1v) is 10.3. The molecule has 0 aromatic heterocycles. The third-order valence-corrected chi connectivity index (χ3v) is 4.95. The molecule has 0 spiro atoms. The zero-order chi connectivity index (χ0) is 19.7. The van der Waals surface area contributed by atoms with Crippen LogP contribution in [0.3, 0.4) is 0 Å². The fourth-order valence-corrected chi connectivity index (χ4v) is 2.87. The van der Waals surface area contributed by atoms with Gasteiger partial charge < -0.3 is 10.2 Å². The summed E-state index contributed by atoms with van der Waals surface area (Å²) >= 11 is 0. The van der Waals surface area contributed by atoms with Crippen LogP contribution in [-0.4, -0.2) is 44.8 Å². The van der Waals surface area contributed by atoms with E-state index in [1.807, 2.05) is 0 Å². The molecule has 0 atom stereocenters. The topological polar surface area (TPSA) is 110 Å². The Hall–Kier alpha value is -1.93. The van der Waals surface area contributed by atoms with Crippen LogP contribution < -0.4 is 10.5 Å². The van der Waals surface area contributed by atoms with E-state index in [1.54, 1.807) is 17.0 Å². The Morgan fingerprint density at radius 1 is 1.15 bits per heavy atom. The van der Waals surface area contributed by atoms with Crippen molar-refractivity contribution in [2.24, 2.45) is 11.1 Å². The van der Waals surface area contributed by atoms with Crippen LogP contribution in [0.4, 0.5) is 0 Å². The monoisotopic (exact) mass is 383 g/mol. The van der Waals surface area contributed by atoms with Gasteiger partial charge in [-0.05, 0) is 36.5 Å². The summed E-state index contributed by atoms with van der Waals surface area (Å²) in [7, 11) is -3.69. The minimum Gasteiger partial charge on any atom is -0.356 e. The highest BCUT2D eigenvalue weighted by molar-refractivity contribution is 7.89. The maximum atomic E-state index is 11.9. The van der Waals surface area contributed by atoms with Gasteiger partial charge in [0.1, 0.15) is 0 Å². The third kappa shape index (κ3) is 8.44. The number of nitrogens with two attached hydrogens (primary N) is 1. The van der Waals surface area contributed by atoms with Crippen molar-refractivity contribution >= 4 is 21.8 Å². The van der Waals surface area contributed by atoms with Crippen LogP contribution >= 0.6 is 0 Å². The van der Waals surface area contributed by atoms with E-state index in [0.29, 0.717) is 32.0 Å². The number of amides is 2. The summed E-state index contributed by atoms with van der Waals surface area (Å²) in [5, 5.41) is 7.87. The molecule has 3 N–H and O–H groups in total. The Morgan fingerprint density at radius 2 is 1.77 bits per heavy atom. The number of rotatable bonds is 10. The molecule has 8 heteroatoms. The van der Waals surface area contributed by atoms with Crippen LogP contribution in [-0.2, 0) is 26.0 Å². The molecule has 26 heavy (non-hydrogen) atoms. The lowest BCUT2D eigenvalue weighted by Crippen LogP contribution is -2.35. The predicted octanol–water partition coefficient (Wildman–Crippen LogP) is 1.28. The molecule has 0 aliphatic heterocycles. The van der Waals surface area contributed by atoms with Gasteiger partial charge in [0.25, 0.3) is 0 Å². The highest BCUT2D eigenvalue weighted by atomic mass is 32.2. The van der Waals surface area contributed by atoms with Crippen LogP contribution in [0.15, 0.2) is 29.2 Å². The van der Waals surface area contributed by atoms with Crippen LogP contribution in [0.5, 0.6) is 0 Å². The Morgan fingerprint density at radius 3 is 2.27 bits per heavy atom. The predicted molar refractivity (Wildman–Crippen MR) is 101 cm³/mol. The number of nitrogens with one attached hydrogen (secondary N) is 1. The summed E-state index contributed by atoms with van der Waals surface area (Å²) in [6.07, 6.45) is 1.76. The number of hydrogen-bond acceptors (Lipinski definition) is 4. The van der Waals surface area contributed by atoms with E-state index >= 15 is 0 Å². The minimum atomic E-state index is -3.69. The summed E-state index contributed by atoms with van der Waals surface area (Å²) in [4.78, 5) is 25.3. The molecule has 0 saturated heterocycles. The molecule has 1 aromatic carbocycles. The third-order valence-electron chi connectivity index (χ3n) is 4.02. The molecule has 1 rings (SSSR count). The molecule has 7 nitrogen and oxygen atoms in total. The van der Waals surface area contributed by atoms with Crippen molar-refractivity contribution in [2.45, 2.75) is 44.9 Å². The fraction of sp³-hybridized carbons (Fsp3) is 0.556. The van der Waals surface area contributed by atoms with E-state index in [2.05, 4.69) is 19.2 Å². The fourth-order valence-electron chi connectivity index (χ4n) is 2.36. The quantitative estimate of drug-likeness (QED) is 0.634. The molecule has 0 fully saturated rings. The van der Waals surface area contributed by atoms with Gasteiger partial charge in [0, 0.05) is 33.0 Å². The average molecular weight is 384 g/mol. The molecule has 0 aliphatic carbocycles. The molecule has 0 aliphatic rings. The molecule has 0 radical (unpaired) electrons. The number of carbonyl (C=O) groups excluding carboxylic acids is 2. The lowest BCUT2D eigenvalue weighted by Gasteiger charge is -2.21. The van der Waals surface area contributed by atoms with Gasteiger partial charge in [-0.25, -0.2) is 13.6 Å². The molecule has 0 saturated carbocycles. The number of sulfonamides is 1. The molecule has 2 amide bonds. The Bertz CT molecular complexity index is 700. The summed E-state index contributed by atoms with van der Waals surface area (Å²) < 4.78 is 22.4. The largest absolute Gasteiger partial charge is 0.356 e. The van der Waals surface area contributed by atoms with Crippen LogP contribution in [0, 0.1) is 5.92 Å². The zero-order valence-electron chi connectivity index (χ0n) is 15.7. The van der Waals surface area contributed by atoms with E-state index < -0.39 is 10.0 Å². The van der Waals surface area contributed by atoms with Crippen molar-refractivity contribution < 1.29 is 18.0 Å².